The molecule has 0 amide bonds. The maximum atomic E-state index is 13.1. The van der Waals surface area contributed by atoms with Crippen LogP contribution in [0.15, 0.2) is 71.5 Å². The highest BCUT2D eigenvalue weighted by Gasteiger charge is 2.18. The van der Waals surface area contributed by atoms with E-state index in [1.807, 2.05) is 40.8 Å². The molecule has 0 bridgehead atoms. The zero-order valence-electron chi connectivity index (χ0n) is 13.0. The second kappa shape index (κ2) is 5.62. The number of aromatic nitrogens is 1. The van der Waals surface area contributed by atoms with Gasteiger partial charge in [0.1, 0.15) is 0 Å². The molecule has 5 aromatic rings. The fourth-order valence-corrected chi connectivity index (χ4v) is 4.80. The van der Waals surface area contributed by atoms with E-state index in [1.165, 1.54) is 0 Å². The van der Waals surface area contributed by atoms with E-state index in [0.29, 0.717) is 31.5 Å². The lowest BCUT2D eigenvalue weighted by Crippen LogP contribution is -2.14. The van der Waals surface area contributed by atoms with Crippen molar-refractivity contribution in [2.24, 2.45) is 0 Å². The van der Waals surface area contributed by atoms with Crippen LogP contribution in [-0.2, 0) is 0 Å². The normalized spacial score (nSPS) is 12.0. The van der Waals surface area contributed by atoms with Gasteiger partial charge in [-0.25, -0.2) is 0 Å². The van der Waals surface area contributed by atoms with Crippen molar-refractivity contribution in [1.29, 1.82) is 0 Å². The van der Waals surface area contributed by atoms with Crippen molar-refractivity contribution >= 4 is 85.9 Å². The van der Waals surface area contributed by atoms with Gasteiger partial charge in [-0.05, 0) is 48.5 Å². The SMILES string of the molecule is O=c1c2cc(Br)ccc2n2c3ccc(Br)cc3c(=O)c3cc(Br)cc1c32. The number of halogens is 3. The molecule has 0 aliphatic heterocycles. The Morgan fingerprint density at radius 2 is 1.00 bits per heavy atom. The van der Waals surface area contributed by atoms with E-state index in [2.05, 4.69) is 47.8 Å². The summed E-state index contributed by atoms with van der Waals surface area (Å²) in [5.41, 5.74) is 2.07. The van der Waals surface area contributed by atoms with Crippen molar-refractivity contribution in [2.75, 3.05) is 0 Å². The van der Waals surface area contributed by atoms with E-state index in [0.717, 1.165) is 20.0 Å². The van der Waals surface area contributed by atoms with Crippen molar-refractivity contribution in [3.63, 3.8) is 0 Å². The van der Waals surface area contributed by atoms with Gasteiger partial charge in [0.15, 0.2) is 10.9 Å². The van der Waals surface area contributed by atoms with Gasteiger partial charge < -0.3 is 4.40 Å². The zero-order chi connectivity index (χ0) is 18.2. The van der Waals surface area contributed by atoms with Gasteiger partial charge in [-0.1, -0.05) is 47.8 Å². The molecule has 0 aliphatic rings. The summed E-state index contributed by atoms with van der Waals surface area (Å²) in [6.07, 6.45) is 0. The van der Waals surface area contributed by atoms with Gasteiger partial charge in [-0.3, -0.25) is 9.59 Å². The molecule has 0 atom stereocenters. The van der Waals surface area contributed by atoms with Gasteiger partial charge >= 0.3 is 0 Å². The van der Waals surface area contributed by atoms with Gasteiger partial charge in [0.2, 0.25) is 0 Å². The Morgan fingerprint density at radius 1 is 0.577 bits per heavy atom. The first-order valence-corrected chi connectivity index (χ1v) is 10.2. The second-order valence-corrected chi connectivity index (χ2v) is 8.91. The van der Waals surface area contributed by atoms with Gasteiger partial charge in [0.25, 0.3) is 0 Å². The van der Waals surface area contributed by atoms with Crippen LogP contribution in [0.1, 0.15) is 0 Å². The summed E-state index contributed by atoms with van der Waals surface area (Å²) in [6.45, 7) is 0. The maximum absolute atomic E-state index is 13.1. The molecule has 0 unspecified atom stereocenters. The molecule has 6 heteroatoms. The molecule has 126 valence electrons. The lowest BCUT2D eigenvalue weighted by molar-refractivity contribution is 1.30. The molecule has 0 radical (unpaired) electrons. The maximum Gasteiger partial charge on any atom is 0.197 e. The minimum Gasteiger partial charge on any atom is -0.308 e. The minimum atomic E-state index is -0.0801. The molecule has 5 rings (SSSR count). The van der Waals surface area contributed by atoms with Crippen LogP contribution in [0.4, 0.5) is 0 Å². The molecule has 0 N–H and O–H groups in total. The minimum absolute atomic E-state index is 0.0801. The number of fused-ring (bicyclic) bond motifs is 4. The van der Waals surface area contributed by atoms with Gasteiger partial charge in [0, 0.05) is 35.0 Å². The van der Waals surface area contributed by atoms with Crippen LogP contribution in [0, 0.1) is 0 Å². The number of nitrogens with zero attached hydrogens (tertiary/aromatic N) is 1. The number of hydrogen-bond donors (Lipinski definition) is 0. The third kappa shape index (κ3) is 2.15. The quantitative estimate of drug-likeness (QED) is 0.185. The molecule has 0 saturated carbocycles. The Labute approximate surface area is 172 Å². The first-order chi connectivity index (χ1) is 12.5. The fourth-order valence-electron chi connectivity index (χ4n) is 3.62. The fraction of sp³-hybridized carbons (Fsp3) is 0. The van der Waals surface area contributed by atoms with E-state index in [4.69, 9.17) is 0 Å². The lowest BCUT2D eigenvalue weighted by Gasteiger charge is -2.15. The Hall–Kier alpha value is -1.76. The molecule has 26 heavy (non-hydrogen) atoms. The Morgan fingerprint density at radius 3 is 1.46 bits per heavy atom. The molecule has 0 saturated heterocycles. The van der Waals surface area contributed by atoms with Crippen molar-refractivity contribution in [2.45, 2.75) is 0 Å². The molecular formula is C20H8Br3NO2. The Kier molecular flexibility index (Phi) is 3.55. The largest absolute Gasteiger partial charge is 0.308 e. The van der Waals surface area contributed by atoms with Crippen LogP contribution in [0.3, 0.4) is 0 Å². The Bertz CT molecular complexity index is 1400. The van der Waals surface area contributed by atoms with E-state index in [1.54, 1.807) is 12.1 Å². The molecule has 2 aromatic heterocycles. The summed E-state index contributed by atoms with van der Waals surface area (Å²) in [6, 6.07) is 14.9. The summed E-state index contributed by atoms with van der Waals surface area (Å²) in [7, 11) is 0. The predicted molar refractivity (Wildman–Crippen MR) is 117 cm³/mol. The molecule has 0 fully saturated rings. The van der Waals surface area contributed by atoms with Gasteiger partial charge in [-0.15, -0.1) is 0 Å². The van der Waals surface area contributed by atoms with Crippen LogP contribution < -0.4 is 10.9 Å². The number of pyridine rings is 2. The van der Waals surface area contributed by atoms with Crippen LogP contribution in [0.5, 0.6) is 0 Å². The monoisotopic (exact) mass is 531 g/mol. The van der Waals surface area contributed by atoms with E-state index in [-0.39, 0.29) is 10.9 Å². The Balaban J connectivity index is 2.30. The van der Waals surface area contributed by atoms with Crippen LogP contribution >= 0.6 is 47.8 Å². The average Bonchev–Trinajstić information content (AvgIpc) is 2.61. The number of rotatable bonds is 0. The van der Waals surface area contributed by atoms with Crippen LogP contribution in [0.2, 0.25) is 0 Å². The summed E-state index contributed by atoms with van der Waals surface area (Å²) in [4.78, 5) is 26.3. The average molecular weight is 534 g/mol. The third-order valence-electron chi connectivity index (χ3n) is 4.68. The van der Waals surface area contributed by atoms with Crippen LogP contribution in [0.25, 0.3) is 38.1 Å². The van der Waals surface area contributed by atoms with Crippen molar-refractivity contribution in [3.8, 4) is 0 Å². The summed E-state index contributed by atoms with van der Waals surface area (Å²) >= 11 is 10.4. The summed E-state index contributed by atoms with van der Waals surface area (Å²) in [5.74, 6) is 0. The highest BCUT2D eigenvalue weighted by molar-refractivity contribution is 9.11. The molecule has 0 spiro atoms. The van der Waals surface area contributed by atoms with E-state index in [9.17, 15) is 9.59 Å². The molecule has 2 heterocycles. The van der Waals surface area contributed by atoms with Gasteiger partial charge in [-0.2, -0.15) is 0 Å². The predicted octanol–water partition coefficient (Wildman–Crippen LogP) is 5.84. The molecule has 3 nitrogen and oxygen atoms in total. The van der Waals surface area contributed by atoms with E-state index >= 15 is 0 Å². The van der Waals surface area contributed by atoms with Crippen molar-refractivity contribution < 1.29 is 0 Å². The summed E-state index contributed by atoms with van der Waals surface area (Å²) < 4.78 is 4.41. The first kappa shape index (κ1) is 16.4. The first-order valence-electron chi connectivity index (χ1n) is 7.78. The zero-order valence-corrected chi connectivity index (χ0v) is 17.8. The summed E-state index contributed by atoms with van der Waals surface area (Å²) in [5, 5.41) is 2.28. The smallest absolute Gasteiger partial charge is 0.197 e. The van der Waals surface area contributed by atoms with Crippen molar-refractivity contribution in [1.82, 2.24) is 4.40 Å². The topological polar surface area (TPSA) is 38.5 Å². The lowest BCUT2D eigenvalue weighted by atomic mass is 10.0. The molecule has 0 aliphatic carbocycles. The third-order valence-corrected chi connectivity index (χ3v) is 6.12. The number of hydrogen-bond acceptors (Lipinski definition) is 2. The molecule has 3 aromatic carbocycles. The highest BCUT2D eigenvalue weighted by atomic mass is 79.9. The van der Waals surface area contributed by atoms with Crippen molar-refractivity contribution in [3.05, 3.63) is 82.4 Å². The molecular weight excluding hydrogens is 526 g/mol. The van der Waals surface area contributed by atoms with Gasteiger partial charge in [0.05, 0.1) is 16.6 Å². The van der Waals surface area contributed by atoms with E-state index < -0.39 is 0 Å². The standard InChI is InChI=1S/C20H8Br3NO2/c21-9-1-3-16-12(5-9)19(25)14-7-11(23)8-15-18(14)24(16)17-4-2-10(22)6-13(17)20(15)26/h1-8H. The van der Waals surface area contributed by atoms with Crippen LogP contribution in [-0.4, -0.2) is 4.40 Å². The number of benzene rings is 3. The highest BCUT2D eigenvalue weighted by Crippen LogP contribution is 2.30. The second-order valence-electron chi connectivity index (χ2n) is 6.17.